The standard InChI is InChI=1S/C30H38N2O/c1-8-24-17-27-18-26(12-14-29(27)32-30(24)33)22(6)21(5)15-23-10-9-20(4)25(16-23)11-13-28(31-7)19(2)3/h9-14,16-19,21-22H,8,15H2,1-7H3,(H,32,33)/b13-11-,31-28?/t21-,22-/m1/s1. The second kappa shape index (κ2) is 10.8. The summed E-state index contributed by atoms with van der Waals surface area (Å²) in [6, 6.07) is 15.3. The fourth-order valence-corrected chi connectivity index (χ4v) is 4.39. The number of pyridine rings is 1. The smallest absolute Gasteiger partial charge is 0.251 e. The maximum Gasteiger partial charge on any atom is 0.251 e. The molecule has 0 saturated heterocycles. The van der Waals surface area contributed by atoms with Gasteiger partial charge < -0.3 is 4.98 Å². The third-order valence-corrected chi connectivity index (χ3v) is 6.89. The third-order valence-electron chi connectivity index (χ3n) is 6.89. The van der Waals surface area contributed by atoms with Gasteiger partial charge in [-0.15, -0.1) is 0 Å². The van der Waals surface area contributed by atoms with Crippen molar-refractivity contribution in [2.45, 2.75) is 60.3 Å². The second-order valence-electron chi connectivity index (χ2n) is 9.62. The Morgan fingerprint density at radius 3 is 2.48 bits per heavy atom. The van der Waals surface area contributed by atoms with Crippen molar-refractivity contribution in [3.8, 4) is 0 Å². The number of aryl methyl sites for hydroxylation is 2. The fourth-order valence-electron chi connectivity index (χ4n) is 4.39. The molecule has 174 valence electrons. The van der Waals surface area contributed by atoms with Crippen LogP contribution in [0.5, 0.6) is 0 Å². The molecule has 1 heterocycles. The molecule has 0 aliphatic carbocycles. The molecule has 0 amide bonds. The summed E-state index contributed by atoms with van der Waals surface area (Å²) in [5, 5.41) is 1.12. The Morgan fingerprint density at radius 1 is 1.06 bits per heavy atom. The highest BCUT2D eigenvalue weighted by atomic mass is 16.1. The molecule has 0 bridgehead atoms. The van der Waals surface area contributed by atoms with E-state index in [0.29, 0.717) is 17.8 Å². The summed E-state index contributed by atoms with van der Waals surface area (Å²) < 4.78 is 0. The first-order chi connectivity index (χ1) is 15.7. The van der Waals surface area contributed by atoms with Crippen LogP contribution in [0.3, 0.4) is 0 Å². The number of H-pyrrole nitrogens is 1. The molecule has 0 unspecified atom stereocenters. The number of benzene rings is 2. The van der Waals surface area contributed by atoms with Crippen LogP contribution in [-0.2, 0) is 12.8 Å². The Morgan fingerprint density at radius 2 is 1.82 bits per heavy atom. The predicted octanol–water partition coefficient (Wildman–Crippen LogP) is 7.12. The normalized spacial score (nSPS) is 14.4. The molecule has 1 N–H and O–H groups in total. The predicted molar refractivity (Wildman–Crippen MR) is 144 cm³/mol. The third kappa shape index (κ3) is 5.90. The van der Waals surface area contributed by atoms with Crippen LogP contribution in [-0.4, -0.2) is 17.7 Å². The summed E-state index contributed by atoms with van der Waals surface area (Å²) in [5.74, 6) is 1.31. The van der Waals surface area contributed by atoms with Crippen LogP contribution in [0.4, 0.5) is 0 Å². The van der Waals surface area contributed by atoms with Crippen molar-refractivity contribution < 1.29 is 0 Å². The van der Waals surface area contributed by atoms with Crippen LogP contribution in [0.2, 0.25) is 0 Å². The lowest BCUT2D eigenvalue weighted by atomic mass is 9.84. The molecule has 3 rings (SSSR count). The van der Waals surface area contributed by atoms with Crippen molar-refractivity contribution >= 4 is 22.7 Å². The molecule has 3 heteroatoms. The number of nitrogens with one attached hydrogen (secondary N) is 1. The number of aromatic amines is 1. The first-order valence-electron chi connectivity index (χ1n) is 12.1. The van der Waals surface area contributed by atoms with Crippen molar-refractivity contribution in [3.05, 3.63) is 86.7 Å². The fraction of sp³-hybridized carbons (Fsp3) is 0.400. The number of rotatable bonds is 8. The van der Waals surface area contributed by atoms with Crippen molar-refractivity contribution in [3.63, 3.8) is 0 Å². The van der Waals surface area contributed by atoms with Gasteiger partial charge >= 0.3 is 0 Å². The van der Waals surface area contributed by atoms with E-state index in [4.69, 9.17) is 0 Å². The van der Waals surface area contributed by atoms with E-state index in [-0.39, 0.29) is 5.56 Å². The molecule has 0 saturated carbocycles. The molecule has 33 heavy (non-hydrogen) atoms. The summed E-state index contributed by atoms with van der Waals surface area (Å²) in [5.41, 5.74) is 8.11. The Labute approximate surface area is 198 Å². The Kier molecular flexibility index (Phi) is 8.07. The van der Waals surface area contributed by atoms with Gasteiger partial charge in [0.25, 0.3) is 5.56 Å². The van der Waals surface area contributed by atoms with E-state index >= 15 is 0 Å². The van der Waals surface area contributed by atoms with Gasteiger partial charge in [0.05, 0.1) is 0 Å². The first kappa shape index (κ1) is 24.7. The van der Waals surface area contributed by atoms with E-state index in [1.54, 1.807) is 0 Å². The maximum atomic E-state index is 12.1. The Hall–Kier alpha value is -2.94. The van der Waals surface area contributed by atoms with Gasteiger partial charge in [-0.05, 0) is 89.4 Å². The molecule has 0 aliphatic rings. The van der Waals surface area contributed by atoms with Gasteiger partial charge in [-0.3, -0.25) is 9.79 Å². The van der Waals surface area contributed by atoms with Gasteiger partial charge in [-0.25, -0.2) is 0 Å². The number of allylic oxidation sites excluding steroid dienone is 1. The molecular formula is C30H38N2O. The van der Waals surface area contributed by atoms with E-state index in [1.807, 2.05) is 26.1 Å². The topological polar surface area (TPSA) is 45.2 Å². The van der Waals surface area contributed by atoms with Crippen molar-refractivity contribution in [2.75, 3.05) is 7.05 Å². The molecule has 2 atom stereocenters. The van der Waals surface area contributed by atoms with Crippen LogP contribution in [0.1, 0.15) is 68.4 Å². The van der Waals surface area contributed by atoms with E-state index in [9.17, 15) is 4.79 Å². The number of aromatic nitrogens is 1. The lowest BCUT2D eigenvalue weighted by molar-refractivity contribution is 0.486. The van der Waals surface area contributed by atoms with Crippen LogP contribution >= 0.6 is 0 Å². The number of fused-ring (bicyclic) bond motifs is 1. The molecular weight excluding hydrogens is 404 g/mol. The maximum absolute atomic E-state index is 12.1. The van der Waals surface area contributed by atoms with Crippen LogP contribution in [0, 0.1) is 18.8 Å². The molecule has 3 nitrogen and oxygen atoms in total. The van der Waals surface area contributed by atoms with Crippen molar-refractivity contribution in [1.29, 1.82) is 0 Å². The van der Waals surface area contributed by atoms with Crippen molar-refractivity contribution in [2.24, 2.45) is 16.8 Å². The van der Waals surface area contributed by atoms with Crippen LogP contribution in [0.25, 0.3) is 17.0 Å². The molecule has 0 radical (unpaired) electrons. The zero-order valence-corrected chi connectivity index (χ0v) is 21.2. The highest BCUT2D eigenvalue weighted by Gasteiger charge is 2.16. The number of hydrogen-bond donors (Lipinski definition) is 1. The average molecular weight is 443 g/mol. The van der Waals surface area contributed by atoms with Crippen LogP contribution < -0.4 is 5.56 Å². The lowest BCUT2D eigenvalue weighted by Crippen LogP contribution is -2.12. The quantitative estimate of drug-likeness (QED) is 0.371. The molecule has 0 fully saturated rings. The molecule has 0 aliphatic heterocycles. The summed E-state index contributed by atoms with van der Waals surface area (Å²) in [4.78, 5) is 19.5. The summed E-state index contributed by atoms with van der Waals surface area (Å²) in [7, 11) is 1.86. The minimum absolute atomic E-state index is 0.0223. The zero-order chi connectivity index (χ0) is 24.1. The molecule has 3 aromatic rings. The number of aliphatic imine (C=N–C) groups is 1. The average Bonchev–Trinajstić information content (AvgIpc) is 2.79. The highest BCUT2D eigenvalue weighted by molar-refractivity contribution is 5.99. The van der Waals surface area contributed by atoms with E-state index in [1.165, 1.54) is 22.3 Å². The lowest BCUT2D eigenvalue weighted by Gasteiger charge is -2.21. The minimum atomic E-state index is 0.0223. The summed E-state index contributed by atoms with van der Waals surface area (Å²) in [6.45, 7) is 13.2. The summed E-state index contributed by atoms with van der Waals surface area (Å²) in [6.07, 6.45) is 6.11. The Bertz CT molecular complexity index is 1230. The van der Waals surface area contributed by atoms with E-state index < -0.39 is 0 Å². The number of hydrogen-bond acceptors (Lipinski definition) is 2. The van der Waals surface area contributed by atoms with Gasteiger partial charge in [0.15, 0.2) is 0 Å². The zero-order valence-electron chi connectivity index (χ0n) is 21.2. The monoisotopic (exact) mass is 442 g/mol. The van der Waals surface area contributed by atoms with Crippen LogP contribution in [0.15, 0.2) is 58.3 Å². The highest BCUT2D eigenvalue weighted by Crippen LogP contribution is 2.29. The van der Waals surface area contributed by atoms with Gasteiger partial charge in [0.1, 0.15) is 0 Å². The number of nitrogens with zero attached hydrogens (tertiary/aromatic N) is 1. The Balaban J connectivity index is 1.80. The largest absolute Gasteiger partial charge is 0.322 e. The SMILES string of the molecule is CCc1cc2cc([C@H](C)[C@H](C)Cc3ccc(C)c(/C=C\C(=NC)C(C)C)c3)ccc2[nH]c1=O. The van der Waals surface area contributed by atoms with Gasteiger partial charge in [0.2, 0.25) is 0 Å². The van der Waals surface area contributed by atoms with Gasteiger partial charge in [0, 0.05) is 23.8 Å². The molecule has 2 aromatic carbocycles. The van der Waals surface area contributed by atoms with Crippen molar-refractivity contribution in [1.82, 2.24) is 4.98 Å². The van der Waals surface area contributed by atoms with E-state index in [2.05, 4.69) is 87.1 Å². The minimum Gasteiger partial charge on any atom is -0.322 e. The first-order valence-corrected chi connectivity index (χ1v) is 12.1. The van der Waals surface area contributed by atoms with Gasteiger partial charge in [-0.2, -0.15) is 0 Å². The second-order valence-corrected chi connectivity index (χ2v) is 9.62. The molecule has 1 aromatic heterocycles. The molecule has 0 spiro atoms. The summed E-state index contributed by atoms with van der Waals surface area (Å²) >= 11 is 0. The van der Waals surface area contributed by atoms with E-state index in [0.717, 1.165) is 35.0 Å². The van der Waals surface area contributed by atoms with Gasteiger partial charge in [-0.1, -0.05) is 65.0 Å².